The molecular weight excluding hydrogens is 176 g/mol. The second kappa shape index (κ2) is 5.10. The number of rotatable bonds is 5. The van der Waals surface area contributed by atoms with E-state index in [4.69, 9.17) is 5.73 Å². The number of nitrogens with two attached hydrogens (primary N) is 1. The van der Waals surface area contributed by atoms with Gasteiger partial charge in [-0.1, -0.05) is 13.3 Å². The summed E-state index contributed by atoms with van der Waals surface area (Å²) in [6.07, 6.45) is 2.05. The van der Waals surface area contributed by atoms with Crippen LogP contribution in [0.3, 0.4) is 0 Å². The van der Waals surface area contributed by atoms with Crippen LogP contribution in [0.15, 0.2) is 0 Å². The molecule has 0 aliphatic heterocycles. The van der Waals surface area contributed by atoms with Crippen molar-refractivity contribution in [3.05, 3.63) is 11.6 Å². The summed E-state index contributed by atoms with van der Waals surface area (Å²) in [5, 5.41) is 8.26. The van der Waals surface area contributed by atoms with Crippen molar-refractivity contribution >= 4 is 0 Å². The lowest BCUT2D eigenvalue weighted by molar-refractivity contribution is 0.490. The van der Waals surface area contributed by atoms with E-state index in [-0.39, 0.29) is 0 Å². The average Bonchev–Trinajstić information content (AvgIpc) is 2.55. The minimum Gasteiger partial charge on any atom is -0.330 e. The Hall–Kier alpha value is -0.900. The summed E-state index contributed by atoms with van der Waals surface area (Å²) in [6.45, 7) is 7.94. The van der Waals surface area contributed by atoms with Gasteiger partial charge in [0.05, 0.1) is 0 Å². The van der Waals surface area contributed by atoms with E-state index in [1.807, 2.05) is 6.92 Å². The SMILES string of the molecule is CCC(CN)Cc1nnc(C)n1CC. The van der Waals surface area contributed by atoms with Gasteiger partial charge in [-0.05, 0) is 26.3 Å². The molecule has 0 aromatic carbocycles. The predicted molar refractivity (Wildman–Crippen MR) is 57.0 cm³/mol. The monoisotopic (exact) mass is 196 g/mol. The third-order valence-corrected chi connectivity index (χ3v) is 2.71. The van der Waals surface area contributed by atoms with Gasteiger partial charge in [0, 0.05) is 13.0 Å². The fraction of sp³-hybridized carbons (Fsp3) is 0.800. The minimum absolute atomic E-state index is 0.531. The fourth-order valence-electron chi connectivity index (χ4n) is 1.64. The van der Waals surface area contributed by atoms with E-state index in [9.17, 15) is 0 Å². The normalized spacial score (nSPS) is 13.1. The van der Waals surface area contributed by atoms with Crippen molar-refractivity contribution in [1.29, 1.82) is 0 Å². The highest BCUT2D eigenvalue weighted by Gasteiger charge is 2.12. The van der Waals surface area contributed by atoms with Gasteiger partial charge in [0.2, 0.25) is 0 Å². The molecule has 80 valence electrons. The topological polar surface area (TPSA) is 56.7 Å². The molecule has 0 aliphatic carbocycles. The van der Waals surface area contributed by atoms with Gasteiger partial charge >= 0.3 is 0 Å². The van der Waals surface area contributed by atoms with Crippen LogP contribution in [0, 0.1) is 12.8 Å². The highest BCUT2D eigenvalue weighted by atomic mass is 15.3. The summed E-state index contributed by atoms with van der Waals surface area (Å²) >= 11 is 0. The Bertz CT molecular complexity index is 276. The largest absolute Gasteiger partial charge is 0.330 e. The molecule has 0 spiro atoms. The number of nitrogens with zero attached hydrogens (tertiary/aromatic N) is 3. The second-order valence-corrected chi connectivity index (χ2v) is 3.62. The third kappa shape index (κ3) is 2.32. The van der Waals surface area contributed by atoms with Crippen molar-refractivity contribution < 1.29 is 0 Å². The average molecular weight is 196 g/mol. The lowest BCUT2D eigenvalue weighted by Crippen LogP contribution is -2.18. The van der Waals surface area contributed by atoms with Crippen LogP contribution in [0.4, 0.5) is 0 Å². The molecule has 1 rings (SSSR count). The molecule has 4 heteroatoms. The van der Waals surface area contributed by atoms with E-state index in [1.54, 1.807) is 0 Å². The maximum Gasteiger partial charge on any atom is 0.133 e. The fourth-order valence-corrected chi connectivity index (χ4v) is 1.64. The van der Waals surface area contributed by atoms with Crippen molar-refractivity contribution in [2.75, 3.05) is 6.54 Å². The Balaban J connectivity index is 2.74. The van der Waals surface area contributed by atoms with Crippen LogP contribution in [0.1, 0.15) is 31.9 Å². The van der Waals surface area contributed by atoms with Crippen LogP contribution in [0.2, 0.25) is 0 Å². The molecule has 0 bridgehead atoms. The van der Waals surface area contributed by atoms with Crippen LogP contribution in [0.25, 0.3) is 0 Å². The number of aromatic nitrogens is 3. The Morgan fingerprint density at radius 3 is 2.57 bits per heavy atom. The van der Waals surface area contributed by atoms with Crippen LogP contribution in [-0.4, -0.2) is 21.3 Å². The zero-order valence-electron chi connectivity index (χ0n) is 9.32. The molecule has 0 radical (unpaired) electrons. The molecule has 1 unspecified atom stereocenters. The van der Waals surface area contributed by atoms with Crippen LogP contribution < -0.4 is 5.73 Å². The smallest absolute Gasteiger partial charge is 0.133 e. The van der Waals surface area contributed by atoms with E-state index in [1.165, 1.54) is 0 Å². The number of hydrogen-bond acceptors (Lipinski definition) is 3. The quantitative estimate of drug-likeness (QED) is 0.768. The van der Waals surface area contributed by atoms with Gasteiger partial charge in [-0.2, -0.15) is 0 Å². The zero-order valence-corrected chi connectivity index (χ0v) is 9.32. The lowest BCUT2D eigenvalue weighted by Gasteiger charge is -2.12. The van der Waals surface area contributed by atoms with Crippen molar-refractivity contribution in [1.82, 2.24) is 14.8 Å². The van der Waals surface area contributed by atoms with Crippen LogP contribution >= 0.6 is 0 Å². The second-order valence-electron chi connectivity index (χ2n) is 3.62. The van der Waals surface area contributed by atoms with E-state index in [0.29, 0.717) is 5.92 Å². The predicted octanol–water partition coefficient (Wildman–Crippen LogP) is 1.13. The molecule has 0 saturated heterocycles. The molecule has 1 heterocycles. The first-order chi connectivity index (χ1) is 6.72. The number of aryl methyl sites for hydroxylation is 1. The van der Waals surface area contributed by atoms with Crippen molar-refractivity contribution in [3.8, 4) is 0 Å². The van der Waals surface area contributed by atoms with Crippen molar-refractivity contribution in [3.63, 3.8) is 0 Å². The summed E-state index contributed by atoms with van der Waals surface area (Å²) in [7, 11) is 0. The van der Waals surface area contributed by atoms with Gasteiger partial charge in [0.25, 0.3) is 0 Å². The van der Waals surface area contributed by atoms with E-state index < -0.39 is 0 Å². The summed E-state index contributed by atoms with van der Waals surface area (Å²) < 4.78 is 2.15. The Morgan fingerprint density at radius 2 is 2.07 bits per heavy atom. The van der Waals surface area contributed by atoms with Crippen LogP contribution in [-0.2, 0) is 13.0 Å². The molecule has 1 aromatic heterocycles. The van der Waals surface area contributed by atoms with Gasteiger partial charge in [-0.3, -0.25) is 0 Å². The lowest BCUT2D eigenvalue weighted by atomic mass is 10.0. The van der Waals surface area contributed by atoms with Gasteiger partial charge in [0.15, 0.2) is 0 Å². The van der Waals surface area contributed by atoms with Gasteiger partial charge in [-0.25, -0.2) is 0 Å². The van der Waals surface area contributed by atoms with Crippen molar-refractivity contribution in [2.45, 2.75) is 40.2 Å². The Labute approximate surface area is 85.5 Å². The molecule has 2 N–H and O–H groups in total. The molecule has 0 amide bonds. The first kappa shape index (κ1) is 11.2. The first-order valence-electron chi connectivity index (χ1n) is 5.31. The van der Waals surface area contributed by atoms with E-state index in [2.05, 4.69) is 28.6 Å². The molecule has 14 heavy (non-hydrogen) atoms. The number of hydrogen-bond donors (Lipinski definition) is 1. The molecule has 0 saturated carbocycles. The maximum absolute atomic E-state index is 5.67. The Morgan fingerprint density at radius 1 is 1.36 bits per heavy atom. The molecule has 1 atom stereocenters. The molecule has 0 fully saturated rings. The van der Waals surface area contributed by atoms with Crippen molar-refractivity contribution in [2.24, 2.45) is 11.7 Å². The standard InChI is InChI=1S/C10H20N4/c1-4-9(7-11)6-10-13-12-8(3)14(10)5-2/h9H,4-7,11H2,1-3H3. The van der Waals surface area contributed by atoms with Crippen LogP contribution in [0.5, 0.6) is 0 Å². The summed E-state index contributed by atoms with van der Waals surface area (Å²) in [5.41, 5.74) is 5.67. The summed E-state index contributed by atoms with van der Waals surface area (Å²) in [4.78, 5) is 0. The zero-order chi connectivity index (χ0) is 10.6. The molecule has 4 nitrogen and oxygen atoms in total. The summed E-state index contributed by atoms with van der Waals surface area (Å²) in [6, 6.07) is 0. The molecule has 1 aromatic rings. The van der Waals surface area contributed by atoms with E-state index in [0.717, 1.165) is 37.6 Å². The first-order valence-corrected chi connectivity index (χ1v) is 5.31. The minimum atomic E-state index is 0.531. The molecular formula is C10H20N4. The van der Waals surface area contributed by atoms with Gasteiger partial charge in [0.1, 0.15) is 11.6 Å². The highest BCUT2D eigenvalue weighted by Crippen LogP contribution is 2.10. The van der Waals surface area contributed by atoms with Gasteiger partial charge in [-0.15, -0.1) is 10.2 Å². The van der Waals surface area contributed by atoms with Gasteiger partial charge < -0.3 is 10.3 Å². The molecule has 0 aliphatic rings. The highest BCUT2D eigenvalue weighted by molar-refractivity contribution is 4.95. The van der Waals surface area contributed by atoms with E-state index >= 15 is 0 Å². The third-order valence-electron chi connectivity index (χ3n) is 2.71. The maximum atomic E-state index is 5.67. The summed E-state index contributed by atoms with van der Waals surface area (Å²) in [5.74, 6) is 2.60. The Kier molecular flexibility index (Phi) is 4.07.